The largest absolute Gasteiger partial charge is 0.301 e. The van der Waals surface area contributed by atoms with E-state index in [0.29, 0.717) is 26.2 Å². The highest BCUT2D eigenvalue weighted by Gasteiger charge is 2.30. The van der Waals surface area contributed by atoms with Crippen LogP contribution in [0.15, 0.2) is 29.2 Å². The van der Waals surface area contributed by atoms with Gasteiger partial charge in [-0.3, -0.25) is 0 Å². The molecule has 1 aromatic carbocycles. The van der Waals surface area contributed by atoms with Gasteiger partial charge in [-0.05, 0) is 25.1 Å². The van der Waals surface area contributed by atoms with E-state index in [4.69, 9.17) is 0 Å². The van der Waals surface area contributed by atoms with Gasteiger partial charge in [0.05, 0.1) is 0 Å². The van der Waals surface area contributed by atoms with Crippen LogP contribution in [0.3, 0.4) is 0 Å². The van der Waals surface area contributed by atoms with Gasteiger partial charge in [0.1, 0.15) is 10.7 Å². The lowest BCUT2D eigenvalue weighted by molar-refractivity contribution is 0.186. The second-order valence-corrected chi connectivity index (χ2v) is 6.94. The highest BCUT2D eigenvalue weighted by molar-refractivity contribution is 7.89. The minimum atomic E-state index is -3.70. The molecule has 0 unspecified atom stereocenters. The van der Waals surface area contributed by atoms with Gasteiger partial charge in [-0.25, -0.2) is 12.8 Å². The molecule has 0 aliphatic carbocycles. The van der Waals surface area contributed by atoms with Gasteiger partial charge in [0, 0.05) is 26.2 Å². The zero-order valence-electron chi connectivity index (χ0n) is 11.8. The molecule has 0 bridgehead atoms. The van der Waals surface area contributed by atoms with Gasteiger partial charge < -0.3 is 4.90 Å². The number of hydrogen-bond donors (Lipinski definition) is 0. The quantitative estimate of drug-likeness (QED) is 0.834. The molecule has 0 aromatic heterocycles. The Kier molecular flexibility index (Phi) is 5.12. The lowest BCUT2D eigenvalue weighted by Gasteiger charge is -2.33. The standard InChI is InChI=1S/C14H21FN2O2S/c1-2-3-8-16-9-11-17(12-10-16)20(18,19)14-7-5-4-6-13(14)15/h4-7H,2-3,8-12H2,1H3. The highest BCUT2D eigenvalue weighted by atomic mass is 32.2. The van der Waals surface area contributed by atoms with Crippen LogP contribution in [0.5, 0.6) is 0 Å². The first-order valence-corrected chi connectivity index (χ1v) is 8.46. The molecule has 1 aliphatic rings. The monoisotopic (exact) mass is 300 g/mol. The summed E-state index contributed by atoms with van der Waals surface area (Å²) in [6.45, 7) is 5.44. The Bertz CT molecular complexity index is 540. The zero-order chi connectivity index (χ0) is 14.6. The van der Waals surface area contributed by atoms with Gasteiger partial charge in [0.2, 0.25) is 10.0 Å². The second kappa shape index (κ2) is 6.65. The van der Waals surface area contributed by atoms with E-state index in [1.807, 2.05) is 0 Å². The number of nitrogens with zero attached hydrogens (tertiary/aromatic N) is 2. The summed E-state index contributed by atoms with van der Waals surface area (Å²) in [5.41, 5.74) is 0. The third-order valence-electron chi connectivity index (χ3n) is 3.61. The SMILES string of the molecule is CCCCN1CCN(S(=O)(=O)c2ccccc2F)CC1. The molecule has 1 aliphatic heterocycles. The number of piperazine rings is 1. The first-order chi connectivity index (χ1) is 9.55. The maximum absolute atomic E-state index is 13.7. The average Bonchev–Trinajstić information content (AvgIpc) is 2.46. The lowest BCUT2D eigenvalue weighted by atomic mass is 10.3. The second-order valence-electron chi connectivity index (χ2n) is 5.03. The Morgan fingerprint density at radius 2 is 1.80 bits per heavy atom. The van der Waals surface area contributed by atoms with Gasteiger partial charge in [-0.1, -0.05) is 25.5 Å². The molecule has 0 saturated carbocycles. The van der Waals surface area contributed by atoms with Crippen LogP contribution in [-0.2, 0) is 10.0 Å². The fourth-order valence-corrected chi connectivity index (χ4v) is 3.86. The van der Waals surface area contributed by atoms with Crippen molar-refractivity contribution in [2.45, 2.75) is 24.7 Å². The maximum Gasteiger partial charge on any atom is 0.246 e. The molecule has 20 heavy (non-hydrogen) atoms. The van der Waals surface area contributed by atoms with E-state index in [2.05, 4.69) is 11.8 Å². The smallest absolute Gasteiger partial charge is 0.246 e. The fourth-order valence-electron chi connectivity index (χ4n) is 2.37. The molecule has 1 heterocycles. The van der Waals surface area contributed by atoms with Crippen LogP contribution in [0.2, 0.25) is 0 Å². The number of halogens is 1. The Labute approximate surface area is 120 Å². The van der Waals surface area contributed by atoms with Crippen molar-refractivity contribution in [3.63, 3.8) is 0 Å². The average molecular weight is 300 g/mol. The Morgan fingerprint density at radius 3 is 2.40 bits per heavy atom. The van der Waals surface area contributed by atoms with Crippen molar-refractivity contribution in [2.24, 2.45) is 0 Å². The summed E-state index contributed by atoms with van der Waals surface area (Å²) < 4.78 is 39.8. The third-order valence-corrected chi connectivity index (χ3v) is 5.55. The number of hydrogen-bond acceptors (Lipinski definition) is 3. The summed E-state index contributed by atoms with van der Waals surface area (Å²) in [5, 5.41) is 0. The molecule has 112 valence electrons. The Morgan fingerprint density at radius 1 is 1.15 bits per heavy atom. The Hall–Kier alpha value is -0.980. The van der Waals surface area contributed by atoms with E-state index >= 15 is 0 Å². The molecular formula is C14H21FN2O2S. The van der Waals surface area contributed by atoms with E-state index in [9.17, 15) is 12.8 Å². The van der Waals surface area contributed by atoms with E-state index in [-0.39, 0.29) is 4.90 Å². The predicted octanol–water partition coefficient (Wildman–Crippen LogP) is 1.93. The summed E-state index contributed by atoms with van der Waals surface area (Å²) in [5.74, 6) is -0.680. The molecule has 1 aromatic rings. The van der Waals surface area contributed by atoms with Crippen molar-refractivity contribution in [2.75, 3.05) is 32.7 Å². The van der Waals surface area contributed by atoms with E-state index in [1.54, 1.807) is 6.07 Å². The molecule has 2 rings (SSSR count). The molecule has 1 fully saturated rings. The predicted molar refractivity (Wildman–Crippen MR) is 76.5 cm³/mol. The lowest BCUT2D eigenvalue weighted by Crippen LogP contribution is -2.48. The van der Waals surface area contributed by atoms with Crippen LogP contribution in [0, 0.1) is 5.82 Å². The van der Waals surface area contributed by atoms with Crippen molar-refractivity contribution >= 4 is 10.0 Å². The van der Waals surface area contributed by atoms with E-state index in [0.717, 1.165) is 19.4 Å². The van der Waals surface area contributed by atoms with Crippen LogP contribution in [0.1, 0.15) is 19.8 Å². The number of unbranched alkanes of at least 4 members (excludes halogenated alkanes) is 1. The van der Waals surface area contributed by atoms with Gasteiger partial charge >= 0.3 is 0 Å². The van der Waals surface area contributed by atoms with E-state index < -0.39 is 15.8 Å². The zero-order valence-corrected chi connectivity index (χ0v) is 12.6. The highest BCUT2D eigenvalue weighted by Crippen LogP contribution is 2.20. The van der Waals surface area contributed by atoms with Crippen molar-refractivity contribution in [1.29, 1.82) is 0 Å². The molecule has 0 atom stereocenters. The van der Waals surface area contributed by atoms with Crippen LogP contribution in [-0.4, -0.2) is 50.3 Å². The number of rotatable bonds is 5. The van der Waals surface area contributed by atoms with Crippen LogP contribution < -0.4 is 0 Å². The molecular weight excluding hydrogens is 279 g/mol. The van der Waals surface area contributed by atoms with Crippen LogP contribution in [0.25, 0.3) is 0 Å². The molecule has 0 N–H and O–H groups in total. The summed E-state index contributed by atoms with van der Waals surface area (Å²) in [6, 6.07) is 5.56. The van der Waals surface area contributed by atoms with Crippen LogP contribution in [0.4, 0.5) is 4.39 Å². The molecule has 6 heteroatoms. The van der Waals surface area contributed by atoms with Crippen LogP contribution >= 0.6 is 0 Å². The number of benzene rings is 1. The summed E-state index contributed by atoms with van der Waals surface area (Å²) >= 11 is 0. The molecule has 0 amide bonds. The number of sulfonamides is 1. The Balaban J connectivity index is 2.04. The molecule has 4 nitrogen and oxygen atoms in total. The molecule has 0 spiro atoms. The third kappa shape index (κ3) is 3.37. The van der Waals surface area contributed by atoms with Gasteiger partial charge in [0.25, 0.3) is 0 Å². The van der Waals surface area contributed by atoms with Crippen molar-refractivity contribution < 1.29 is 12.8 Å². The van der Waals surface area contributed by atoms with Gasteiger partial charge in [0.15, 0.2) is 0 Å². The summed E-state index contributed by atoms with van der Waals surface area (Å²) in [4.78, 5) is 2.04. The normalized spacial score (nSPS) is 18.3. The summed E-state index contributed by atoms with van der Waals surface area (Å²) in [7, 11) is -3.70. The van der Waals surface area contributed by atoms with Crippen molar-refractivity contribution in [3.05, 3.63) is 30.1 Å². The van der Waals surface area contributed by atoms with E-state index in [1.165, 1.54) is 22.5 Å². The van der Waals surface area contributed by atoms with Crippen molar-refractivity contribution in [1.82, 2.24) is 9.21 Å². The maximum atomic E-state index is 13.7. The topological polar surface area (TPSA) is 40.6 Å². The van der Waals surface area contributed by atoms with Gasteiger partial charge in [-0.15, -0.1) is 0 Å². The minimum absolute atomic E-state index is 0.220. The van der Waals surface area contributed by atoms with Crippen molar-refractivity contribution in [3.8, 4) is 0 Å². The first kappa shape index (κ1) is 15.4. The van der Waals surface area contributed by atoms with Gasteiger partial charge in [-0.2, -0.15) is 4.31 Å². The first-order valence-electron chi connectivity index (χ1n) is 7.02. The molecule has 1 saturated heterocycles. The minimum Gasteiger partial charge on any atom is -0.301 e. The molecule has 0 radical (unpaired) electrons. The summed E-state index contributed by atoms with van der Waals surface area (Å²) in [6.07, 6.45) is 2.26. The fraction of sp³-hybridized carbons (Fsp3) is 0.571.